The SMILES string of the molecule is Cc1ccc2c(N=Cc3ccccc3)cccc2c1. The number of benzene rings is 3. The van der Waals surface area contributed by atoms with Crippen LogP contribution in [0.5, 0.6) is 0 Å². The van der Waals surface area contributed by atoms with Gasteiger partial charge in [0.15, 0.2) is 0 Å². The fraction of sp³-hybridized carbons (Fsp3) is 0.0556. The molecule has 0 amide bonds. The number of aliphatic imine (C=N–C) groups is 1. The highest BCUT2D eigenvalue weighted by Gasteiger charge is 1.98. The molecule has 0 aliphatic heterocycles. The Morgan fingerprint density at radius 2 is 1.68 bits per heavy atom. The molecule has 1 heteroatoms. The first-order valence-electron chi connectivity index (χ1n) is 6.41. The Kier molecular flexibility index (Phi) is 3.11. The summed E-state index contributed by atoms with van der Waals surface area (Å²) >= 11 is 0. The van der Waals surface area contributed by atoms with Gasteiger partial charge in [0.2, 0.25) is 0 Å². The van der Waals surface area contributed by atoms with E-state index in [-0.39, 0.29) is 0 Å². The van der Waals surface area contributed by atoms with E-state index in [1.165, 1.54) is 16.3 Å². The maximum absolute atomic E-state index is 4.61. The van der Waals surface area contributed by atoms with Crippen LogP contribution in [0.15, 0.2) is 71.7 Å². The summed E-state index contributed by atoms with van der Waals surface area (Å²) in [6, 6.07) is 22.9. The summed E-state index contributed by atoms with van der Waals surface area (Å²) in [6.45, 7) is 2.11. The van der Waals surface area contributed by atoms with Gasteiger partial charge in [0.1, 0.15) is 0 Å². The summed E-state index contributed by atoms with van der Waals surface area (Å²) in [4.78, 5) is 4.61. The van der Waals surface area contributed by atoms with E-state index in [4.69, 9.17) is 0 Å². The van der Waals surface area contributed by atoms with Crippen molar-refractivity contribution in [1.82, 2.24) is 0 Å². The van der Waals surface area contributed by atoms with Crippen LogP contribution < -0.4 is 0 Å². The summed E-state index contributed by atoms with van der Waals surface area (Å²) in [5, 5.41) is 2.43. The molecule has 0 spiro atoms. The lowest BCUT2D eigenvalue weighted by molar-refractivity contribution is 1.49. The van der Waals surface area contributed by atoms with E-state index >= 15 is 0 Å². The van der Waals surface area contributed by atoms with Gasteiger partial charge >= 0.3 is 0 Å². The molecule has 0 radical (unpaired) electrons. The van der Waals surface area contributed by atoms with Crippen LogP contribution in [0, 0.1) is 6.92 Å². The summed E-state index contributed by atoms with van der Waals surface area (Å²) in [5.41, 5.74) is 3.41. The summed E-state index contributed by atoms with van der Waals surface area (Å²) in [6.07, 6.45) is 1.91. The summed E-state index contributed by atoms with van der Waals surface area (Å²) < 4.78 is 0. The molecule has 0 bridgehead atoms. The molecule has 0 aliphatic rings. The molecule has 0 aliphatic carbocycles. The Hall–Kier alpha value is -2.41. The first-order chi connectivity index (χ1) is 9.33. The zero-order valence-electron chi connectivity index (χ0n) is 10.9. The van der Waals surface area contributed by atoms with Crippen LogP contribution in [0.4, 0.5) is 5.69 Å². The predicted molar refractivity (Wildman–Crippen MR) is 82.4 cm³/mol. The molecular formula is C18H15N. The lowest BCUT2D eigenvalue weighted by atomic mass is 10.1. The van der Waals surface area contributed by atoms with Gasteiger partial charge < -0.3 is 0 Å². The highest BCUT2D eigenvalue weighted by Crippen LogP contribution is 2.26. The van der Waals surface area contributed by atoms with E-state index in [0.717, 1.165) is 11.3 Å². The van der Waals surface area contributed by atoms with Crippen molar-refractivity contribution in [2.75, 3.05) is 0 Å². The van der Waals surface area contributed by atoms with Gasteiger partial charge in [-0.1, -0.05) is 66.2 Å². The van der Waals surface area contributed by atoms with Crippen molar-refractivity contribution in [2.45, 2.75) is 6.92 Å². The summed E-state index contributed by atoms with van der Waals surface area (Å²) in [7, 11) is 0. The minimum atomic E-state index is 1.02. The number of rotatable bonds is 2. The van der Waals surface area contributed by atoms with Crippen LogP contribution in [0.1, 0.15) is 11.1 Å². The van der Waals surface area contributed by atoms with Crippen LogP contribution in [0.2, 0.25) is 0 Å². The Balaban J connectivity index is 2.04. The fourth-order valence-corrected chi connectivity index (χ4v) is 2.18. The topological polar surface area (TPSA) is 12.4 Å². The Labute approximate surface area is 113 Å². The quantitative estimate of drug-likeness (QED) is 0.569. The van der Waals surface area contributed by atoms with Gasteiger partial charge in [-0.25, -0.2) is 0 Å². The third-order valence-corrected chi connectivity index (χ3v) is 3.17. The monoisotopic (exact) mass is 245 g/mol. The maximum Gasteiger partial charge on any atom is 0.0708 e. The van der Waals surface area contributed by atoms with Crippen LogP contribution >= 0.6 is 0 Å². The summed E-state index contributed by atoms with van der Waals surface area (Å²) in [5.74, 6) is 0. The van der Waals surface area contributed by atoms with E-state index in [9.17, 15) is 0 Å². The molecule has 3 aromatic carbocycles. The highest BCUT2D eigenvalue weighted by molar-refractivity contribution is 5.95. The molecule has 0 atom stereocenters. The third kappa shape index (κ3) is 2.55. The van der Waals surface area contributed by atoms with Crippen molar-refractivity contribution in [3.63, 3.8) is 0 Å². The van der Waals surface area contributed by atoms with E-state index in [1.54, 1.807) is 0 Å². The van der Waals surface area contributed by atoms with Crippen LogP contribution in [-0.4, -0.2) is 6.21 Å². The zero-order valence-corrected chi connectivity index (χ0v) is 10.9. The Morgan fingerprint density at radius 1 is 0.842 bits per heavy atom. The molecule has 0 fully saturated rings. The van der Waals surface area contributed by atoms with Crippen molar-refractivity contribution in [2.24, 2.45) is 4.99 Å². The Morgan fingerprint density at radius 3 is 2.53 bits per heavy atom. The second-order valence-electron chi connectivity index (χ2n) is 4.67. The molecule has 3 rings (SSSR count). The minimum absolute atomic E-state index is 1.02. The molecule has 0 aromatic heterocycles. The number of hydrogen-bond donors (Lipinski definition) is 0. The first-order valence-corrected chi connectivity index (χ1v) is 6.41. The lowest BCUT2D eigenvalue weighted by Crippen LogP contribution is -1.80. The normalized spacial score (nSPS) is 11.2. The van der Waals surface area contributed by atoms with Gasteiger partial charge in [-0.2, -0.15) is 0 Å². The largest absolute Gasteiger partial charge is 0.256 e. The van der Waals surface area contributed by atoms with Crippen LogP contribution in [0.3, 0.4) is 0 Å². The molecule has 0 heterocycles. The van der Waals surface area contributed by atoms with E-state index in [0.29, 0.717) is 0 Å². The van der Waals surface area contributed by atoms with Crippen molar-refractivity contribution in [3.05, 3.63) is 77.9 Å². The first kappa shape index (κ1) is 11.7. The number of nitrogens with zero attached hydrogens (tertiary/aromatic N) is 1. The van der Waals surface area contributed by atoms with Gasteiger partial charge in [0, 0.05) is 11.6 Å². The van der Waals surface area contributed by atoms with Gasteiger partial charge in [-0.3, -0.25) is 4.99 Å². The molecule has 0 saturated carbocycles. The maximum atomic E-state index is 4.61. The molecule has 0 saturated heterocycles. The molecule has 3 aromatic rings. The van der Waals surface area contributed by atoms with Gasteiger partial charge in [0.25, 0.3) is 0 Å². The van der Waals surface area contributed by atoms with Crippen molar-refractivity contribution >= 4 is 22.7 Å². The van der Waals surface area contributed by atoms with E-state index in [2.05, 4.69) is 60.4 Å². The molecule has 0 unspecified atom stereocenters. The average molecular weight is 245 g/mol. The third-order valence-electron chi connectivity index (χ3n) is 3.17. The van der Waals surface area contributed by atoms with E-state index in [1.807, 2.05) is 24.4 Å². The minimum Gasteiger partial charge on any atom is -0.256 e. The molecule has 0 N–H and O–H groups in total. The lowest BCUT2D eigenvalue weighted by Gasteiger charge is -2.03. The standard InChI is InChI=1S/C18H15N/c1-14-10-11-17-16(12-14)8-5-9-18(17)19-13-15-6-3-2-4-7-15/h2-13H,1H3. The number of aryl methyl sites for hydroxylation is 1. The number of hydrogen-bond acceptors (Lipinski definition) is 1. The predicted octanol–water partition coefficient (Wildman–Crippen LogP) is 4.90. The molecule has 19 heavy (non-hydrogen) atoms. The second kappa shape index (κ2) is 5.07. The van der Waals surface area contributed by atoms with Crippen molar-refractivity contribution < 1.29 is 0 Å². The highest BCUT2D eigenvalue weighted by atomic mass is 14.7. The van der Waals surface area contributed by atoms with E-state index < -0.39 is 0 Å². The van der Waals surface area contributed by atoms with Gasteiger partial charge in [0.05, 0.1) is 5.69 Å². The second-order valence-corrected chi connectivity index (χ2v) is 4.67. The van der Waals surface area contributed by atoms with Gasteiger partial charge in [-0.05, 0) is 23.9 Å². The Bertz CT molecular complexity index is 727. The fourth-order valence-electron chi connectivity index (χ4n) is 2.18. The van der Waals surface area contributed by atoms with Crippen molar-refractivity contribution in [1.29, 1.82) is 0 Å². The molecule has 92 valence electrons. The molecule has 1 nitrogen and oxygen atoms in total. The zero-order chi connectivity index (χ0) is 13.1. The van der Waals surface area contributed by atoms with Gasteiger partial charge in [-0.15, -0.1) is 0 Å². The smallest absolute Gasteiger partial charge is 0.0708 e. The van der Waals surface area contributed by atoms with Crippen molar-refractivity contribution in [3.8, 4) is 0 Å². The van der Waals surface area contributed by atoms with Crippen LogP contribution in [0.25, 0.3) is 10.8 Å². The van der Waals surface area contributed by atoms with Crippen LogP contribution in [-0.2, 0) is 0 Å². The molecular weight excluding hydrogens is 230 g/mol. The number of fused-ring (bicyclic) bond motifs is 1. The average Bonchev–Trinajstić information content (AvgIpc) is 2.45.